The van der Waals surface area contributed by atoms with Gasteiger partial charge in [0.1, 0.15) is 0 Å². The molecular weight excluding hydrogens is 771 g/mol. The third kappa shape index (κ3) is 6.83. The molecule has 0 saturated heterocycles. The molecule has 0 unspecified atom stereocenters. The molecule has 1 aliphatic rings. The first-order valence-corrected chi connectivity index (χ1v) is 22.3. The van der Waals surface area contributed by atoms with E-state index in [0.29, 0.717) is 0 Å². The summed E-state index contributed by atoms with van der Waals surface area (Å²) < 4.78 is 0. The monoisotopic (exact) mass is 817 g/mol. The van der Waals surface area contributed by atoms with Crippen LogP contribution in [-0.2, 0) is 5.41 Å². The third-order valence-electron chi connectivity index (χ3n) is 13.1. The van der Waals surface area contributed by atoms with E-state index in [0.717, 1.165) is 28.2 Å². The summed E-state index contributed by atoms with van der Waals surface area (Å²) in [6.07, 6.45) is 0. The van der Waals surface area contributed by atoms with Crippen molar-refractivity contribution in [2.45, 2.75) is 19.3 Å². The highest BCUT2D eigenvalue weighted by Crippen LogP contribution is 2.53. The number of para-hydroxylation sites is 2. The number of hydrogen-bond donors (Lipinski definition) is 0. The maximum atomic E-state index is 2.53. The van der Waals surface area contributed by atoms with Gasteiger partial charge in [-0.05, 0) is 96.6 Å². The van der Waals surface area contributed by atoms with Crippen LogP contribution in [0.3, 0.4) is 0 Å². The van der Waals surface area contributed by atoms with Crippen molar-refractivity contribution in [2.75, 3.05) is 4.90 Å². The summed E-state index contributed by atoms with van der Waals surface area (Å²) in [5, 5.41) is 0. The summed E-state index contributed by atoms with van der Waals surface area (Å²) in [5.41, 5.74) is 22.7. The molecule has 0 heterocycles. The summed E-state index contributed by atoms with van der Waals surface area (Å²) >= 11 is 0. The van der Waals surface area contributed by atoms with Crippen LogP contribution in [0.1, 0.15) is 25.0 Å². The lowest BCUT2D eigenvalue weighted by molar-refractivity contribution is 0.660. The number of fused-ring (bicyclic) bond motifs is 3. The van der Waals surface area contributed by atoms with Gasteiger partial charge in [-0.3, -0.25) is 0 Å². The summed E-state index contributed by atoms with van der Waals surface area (Å²) in [6.45, 7) is 4.73. The van der Waals surface area contributed by atoms with Crippen LogP contribution in [0.25, 0.3) is 77.9 Å². The van der Waals surface area contributed by atoms with Crippen molar-refractivity contribution in [2.24, 2.45) is 0 Å². The standard InChI is InChI=1S/C63H47N/c1-63(2)57-33-17-14-30-54(57)55-42-41-49(43-58(55)63)52-29-16-19-35-60(52)64(59-34-18-15-28-51(59)48-39-37-45(38-40-48)44-21-6-3-7-22-44)61-36-20-32-53(47-25-10-5-11-26-47)62(61)56-31-13-12-27-50(56)46-23-8-4-9-24-46/h3-43H,1-2H3. The lowest BCUT2D eigenvalue weighted by Gasteiger charge is -2.33. The highest BCUT2D eigenvalue weighted by Gasteiger charge is 2.35. The van der Waals surface area contributed by atoms with E-state index in [2.05, 4.69) is 267 Å². The molecule has 0 fully saturated rings. The first-order chi connectivity index (χ1) is 31.5. The minimum atomic E-state index is -0.132. The number of rotatable bonds is 9. The van der Waals surface area contributed by atoms with E-state index in [9.17, 15) is 0 Å². The SMILES string of the molecule is CC1(C)c2ccccc2-c2ccc(-c3ccccc3N(c3ccccc3-c3ccc(-c4ccccc4)cc3)c3cccc(-c4ccccc4)c3-c3ccccc3-c3ccccc3)cc21. The Morgan fingerprint density at radius 1 is 0.250 bits per heavy atom. The lowest BCUT2D eigenvalue weighted by Crippen LogP contribution is -2.15. The predicted octanol–water partition coefficient (Wildman–Crippen LogP) is 17.5. The topological polar surface area (TPSA) is 3.24 Å². The molecule has 0 aliphatic heterocycles. The molecule has 1 aliphatic carbocycles. The zero-order chi connectivity index (χ0) is 43.0. The lowest BCUT2D eigenvalue weighted by atomic mass is 9.81. The summed E-state index contributed by atoms with van der Waals surface area (Å²) in [6, 6.07) is 91.0. The van der Waals surface area contributed by atoms with Crippen molar-refractivity contribution in [1.82, 2.24) is 0 Å². The number of hydrogen-bond acceptors (Lipinski definition) is 1. The molecule has 64 heavy (non-hydrogen) atoms. The van der Waals surface area contributed by atoms with Gasteiger partial charge in [-0.1, -0.05) is 238 Å². The Balaban J connectivity index is 1.19. The van der Waals surface area contributed by atoms with Gasteiger partial charge in [0.05, 0.1) is 17.1 Å². The van der Waals surface area contributed by atoms with Crippen LogP contribution in [0.4, 0.5) is 17.1 Å². The quantitative estimate of drug-likeness (QED) is 0.140. The van der Waals surface area contributed by atoms with Crippen LogP contribution in [0.5, 0.6) is 0 Å². The number of anilines is 3. The minimum Gasteiger partial charge on any atom is -0.309 e. The highest BCUT2D eigenvalue weighted by molar-refractivity contribution is 6.04. The van der Waals surface area contributed by atoms with Crippen LogP contribution in [0, 0.1) is 0 Å². The smallest absolute Gasteiger partial charge is 0.0547 e. The zero-order valence-electron chi connectivity index (χ0n) is 36.1. The van der Waals surface area contributed by atoms with Gasteiger partial charge in [0.15, 0.2) is 0 Å². The van der Waals surface area contributed by atoms with Crippen molar-refractivity contribution >= 4 is 17.1 Å². The second kappa shape index (κ2) is 16.4. The molecule has 304 valence electrons. The Bertz CT molecular complexity index is 3270. The zero-order valence-corrected chi connectivity index (χ0v) is 36.1. The van der Waals surface area contributed by atoms with Crippen LogP contribution in [0.15, 0.2) is 249 Å². The van der Waals surface area contributed by atoms with Crippen molar-refractivity contribution in [3.05, 3.63) is 260 Å². The average Bonchev–Trinajstić information content (AvgIpc) is 3.60. The van der Waals surface area contributed by atoms with E-state index >= 15 is 0 Å². The summed E-state index contributed by atoms with van der Waals surface area (Å²) in [5.74, 6) is 0. The van der Waals surface area contributed by atoms with Gasteiger partial charge in [0, 0.05) is 22.1 Å². The van der Waals surface area contributed by atoms with E-state index < -0.39 is 0 Å². The molecule has 0 bridgehead atoms. The van der Waals surface area contributed by atoms with E-state index in [1.165, 1.54) is 77.9 Å². The molecule has 0 N–H and O–H groups in total. The van der Waals surface area contributed by atoms with Gasteiger partial charge in [-0.2, -0.15) is 0 Å². The first kappa shape index (κ1) is 38.9. The van der Waals surface area contributed by atoms with Crippen LogP contribution in [0.2, 0.25) is 0 Å². The Labute approximate surface area is 377 Å². The van der Waals surface area contributed by atoms with Crippen molar-refractivity contribution in [3.8, 4) is 77.9 Å². The maximum absolute atomic E-state index is 2.53. The molecule has 0 spiro atoms. The third-order valence-corrected chi connectivity index (χ3v) is 13.1. The fourth-order valence-electron chi connectivity index (χ4n) is 10.00. The van der Waals surface area contributed by atoms with Crippen LogP contribution >= 0.6 is 0 Å². The molecule has 0 aromatic heterocycles. The molecule has 0 amide bonds. The fraction of sp³-hybridized carbons (Fsp3) is 0.0476. The Morgan fingerprint density at radius 2 is 0.641 bits per heavy atom. The second-order valence-electron chi connectivity index (χ2n) is 17.2. The fourth-order valence-corrected chi connectivity index (χ4v) is 10.00. The van der Waals surface area contributed by atoms with Gasteiger partial charge >= 0.3 is 0 Å². The largest absolute Gasteiger partial charge is 0.309 e. The highest BCUT2D eigenvalue weighted by atomic mass is 15.2. The maximum Gasteiger partial charge on any atom is 0.0547 e. The van der Waals surface area contributed by atoms with E-state index in [1.54, 1.807) is 0 Å². The second-order valence-corrected chi connectivity index (χ2v) is 17.2. The molecular formula is C63H47N. The summed E-state index contributed by atoms with van der Waals surface area (Å²) in [4.78, 5) is 2.53. The van der Waals surface area contributed by atoms with Crippen molar-refractivity contribution in [3.63, 3.8) is 0 Å². The van der Waals surface area contributed by atoms with E-state index in [4.69, 9.17) is 0 Å². The molecule has 0 radical (unpaired) electrons. The Kier molecular flexibility index (Phi) is 9.94. The van der Waals surface area contributed by atoms with Crippen LogP contribution < -0.4 is 4.90 Å². The van der Waals surface area contributed by atoms with Crippen molar-refractivity contribution in [1.29, 1.82) is 0 Å². The van der Waals surface area contributed by atoms with Crippen LogP contribution in [-0.4, -0.2) is 0 Å². The van der Waals surface area contributed by atoms with E-state index in [-0.39, 0.29) is 5.41 Å². The van der Waals surface area contributed by atoms with Gasteiger partial charge in [-0.25, -0.2) is 0 Å². The van der Waals surface area contributed by atoms with Crippen molar-refractivity contribution < 1.29 is 0 Å². The number of nitrogens with zero attached hydrogens (tertiary/aromatic N) is 1. The summed E-state index contributed by atoms with van der Waals surface area (Å²) in [7, 11) is 0. The van der Waals surface area contributed by atoms with E-state index in [1.807, 2.05) is 0 Å². The molecule has 10 aromatic carbocycles. The Hall–Kier alpha value is -8.00. The molecule has 0 saturated carbocycles. The van der Waals surface area contributed by atoms with Gasteiger partial charge in [0.2, 0.25) is 0 Å². The number of benzene rings is 10. The minimum absolute atomic E-state index is 0.132. The average molecular weight is 818 g/mol. The molecule has 1 nitrogen and oxygen atoms in total. The van der Waals surface area contributed by atoms with Gasteiger partial charge < -0.3 is 4.90 Å². The first-order valence-electron chi connectivity index (χ1n) is 22.3. The molecule has 0 atom stereocenters. The molecule has 1 heteroatoms. The Morgan fingerprint density at radius 3 is 1.28 bits per heavy atom. The molecule has 11 rings (SSSR count). The van der Waals surface area contributed by atoms with Gasteiger partial charge in [-0.15, -0.1) is 0 Å². The molecule has 10 aromatic rings. The van der Waals surface area contributed by atoms with Gasteiger partial charge in [0.25, 0.3) is 0 Å². The normalized spacial score (nSPS) is 12.3. The predicted molar refractivity (Wildman–Crippen MR) is 271 cm³/mol.